The van der Waals surface area contributed by atoms with Gasteiger partial charge < -0.3 is 34.9 Å². The van der Waals surface area contributed by atoms with Crippen LogP contribution in [0.2, 0.25) is 5.02 Å². The zero-order chi connectivity index (χ0) is 16.7. The fourth-order valence-electron chi connectivity index (χ4n) is 2.51. The van der Waals surface area contributed by atoms with Crippen LogP contribution in [0.4, 0.5) is 0 Å². The van der Waals surface area contributed by atoms with Gasteiger partial charge in [0, 0.05) is 10.7 Å². The first-order valence-electron chi connectivity index (χ1n) is 6.86. The lowest BCUT2D eigenvalue weighted by atomic mass is 9.99. The minimum atomic E-state index is -1.50. The molecule has 2 aromatic rings. The molecule has 1 aliphatic rings. The Labute approximate surface area is 144 Å². The van der Waals surface area contributed by atoms with Crippen LogP contribution in [0, 0.1) is 0 Å². The van der Waals surface area contributed by atoms with Crippen LogP contribution in [0.5, 0.6) is 5.75 Å². The average molecular weight is 409 g/mol. The maximum atomic E-state index is 10.0. The van der Waals surface area contributed by atoms with E-state index in [-0.39, 0.29) is 0 Å². The van der Waals surface area contributed by atoms with Gasteiger partial charge in [0.05, 0.1) is 22.5 Å². The van der Waals surface area contributed by atoms with Crippen LogP contribution in [0.15, 0.2) is 22.8 Å². The Hall–Kier alpha value is -0.870. The van der Waals surface area contributed by atoms with Gasteiger partial charge in [-0.25, -0.2) is 0 Å². The van der Waals surface area contributed by atoms with Gasteiger partial charge in [-0.1, -0.05) is 11.6 Å². The third-order valence-electron chi connectivity index (χ3n) is 3.79. The van der Waals surface area contributed by atoms with Crippen molar-refractivity contribution in [1.82, 2.24) is 4.98 Å². The van der Waals surface area contributed by atoms with Gasteiger partial charge in [-0.05, 0) is 28.1 Å². The molecule has 0 unspecified atom stereocenters. The number of hydrogen-bond donors (Lipinski definition) is 5. The van der Waals surface area contributed by atoms with Crippen LogP contribution in [0.1, 0.15) is 0 Å². The molecule has 0 radical (unpaired) electrons. The Kier molecular flexibility index (Phi) is 4.84. The van der Waals surface area contributed by atoms with Crippen molar-refractivity contribution in [2.24, 2.45) is 0 Å². The fraction of sp³-hybridized carbons (Fsp3) is 0.429. The number of halogens is 2. The summed E-state index contributed by atoms with van der Waals surface area (Å²) in [5, 5.41) is 39.8. The summed E-state index contributed by atoms with van der Waals surface area (Å²) in [6.07, 6.45) is -5.17. The van der Waals surface area contributed by atoms with Crippen LogP contribution in [0.3, 0.4) is 0 Å². The monoisotopic (exact) mass is 407 g/mol. The van der Waals surface area contributed by atoms with E-state index < -0.39 is 37.3 Å². The number of aliphatic hydroxyl groups excluding tert-OH is 4. The molecule has 1 fully saturated rings. The van der Waals surface area contributed by atoms with Gasteiger partial charge in [0.2, 0.25) is 6.29 Å². The molecule has 0 aliphatic carbocycles. The van der Waals surface area contributed by atoms with Crippen molar-refractivity contribution in [2.75, 3.05) is 6.61 Å². The van der Waals surface area contributed by atoms with Crippen molar-refractivity contribution >= 4 is 38.4 Å². The summed E-state index contributed by atoms with van der Waals surface area (Å²) in [4.78, 5) is 2.98. The van der Waals surface area contributed by atoms with Gasteiger partial charge in [0.15, 0.2) is 0 Å². The van der Waals surface area contributed by atoms with Gasteiger partial charge in [-0.2, -0.15) is 0 Å². The maximum Gasteiger partial charge on any atom is 0.229 e. The second-order valence-corrected chi connectivity index (χ2v) is 6.48. The smallest absolute Gasteiger partial charge is 0.229 e. The van der Waals surface area contributed by atoms with Gasteiger partial charge in [-0.15, -0.1) is 0 Å². The zero-order valence-corrected chi connectivity index (χ0v) is 14.0. The van der Waals surface area contributed by atoms with Crippen LogP contribution < -0.4 is 4.74 Å². The van der Waals surface area contributed by atoms with Gasteiger partial charge in [0.25, 0.3) is 0 Å². The van der Waals surface area contributed by atoms with E-state index in [2.05, 4.69) is 20.9 Å². The summed E-state index contributed by atoms with van der Waals surface area (Å²) in [6.45, 7) is -0.523. The third kappa shape index (κ3) is 2.96. The number of aromatic nitrogens is 1. The van der Waals surface area contributed by atoms with Crippen molar-refractivity contribution in [3.05, 3.63) is 27.8 Å². The number of H-pyrrole nitrogens is 1. The van der Waals surface area contributed by atoms with E-state index in [0.717, 1.165) is 5.52 Å². The number of hydrogen-bond acceptors (Lipinski definition) is 6. The van der Waals surface area contributed by atoms with Crippen molar-refractivity contribution < 1.29 is 29.9 Å². The molecule has 7 nitrogen and oxygen atoms in total. The standard InChI is InChI=1S/C14H15BrClNO6/c15-5-1-2-6-9(10(5)16)7(3-17-6)22-14-13(21)12(20)11(19)8(4-18)23-14/h1-3,8,11-14,17-21H,4H2/t8-,11-,12+,13+,14+/m0/s1. The molecule has 3 rings (SSSR count). The van der Waals surface area contributed by atoms with Gasteiger partial charge in [0.1, 0.15) is 30.2 Å². The molecule has 9 heteroatoms. The number of benzene rings is 1. The molecule has 1 aliphatic heterocycles. The van der Waals surface area contributed by atoms with E-state index in [1.54, 1.807) is 18.3 Å². The molecule has 0 bridgehead atoms. The molecule has 2 heterocycles. The Morgan fingerprint density at radius 2 is 1.96 bits per heavy atom. The summed E-state index contributed by atoms with van der Waals surface area (Å²) in [7, 11) is 0. The normalized spacial score (nSPS) is 31.5. The lowest BCUT2D eigenvalue weighted by Gasteiger charge is -2.39. The van der Waals surface area contributed by atoms with Crippen LogP contribution in [-0.2, 0) is 4.74 Å². The molecule has 1 aromatic heterocycles. The first-order valence-corrected chi connectivity index (χ1v) is 8.03. The highest BCUT2D eigenvalue weighted by atomic mass is 79.9. The molecule has 0 amide bonds. The van der Waals surface area contributed by atoms with E-state index in [0.29, 0.717) is 20.6 Å². The maximum absolute atomic E-state index is 10.0. The molecular formula is C14H15BrClNO6. The van der Waals surface area contributed by atoms with E-state index in [1.807, 2.05) is 0 Å². The van der Waals surface area contributed by atoms with Crippen LogP contribution in [-0.4, -0.2) is 62.7 Å². The van der Waals surface area contributed by atoms with Crippen LogP contribution in [0.25, 0.3) is 10.9 Å². The molecule has 1 aromatic carbocycles. The number of aliphatic hydroxyl groups is 4. The average Bonchev–Trinajstić information content (AvgIpc) is 2.95. The lowest BCUT2D eigenvalue weighted by Crippen LogP contribution is -2.60. The molecular weight excluding hydrogens is 394 g/mol. The second-order valence-electron chi connectivity index (χ2n) is 5.25. The van der Waals surface area contributed by atoms with Crippen molar-refractivity contribution in [3.8, 4) is 5.75 Å². The number of rotatable bonds is 3. The summed E-state index contributed by atoms with van der Waals surface area (Å²) < 4.78 is 11.6. The number of fused-ring (bicyclic) bond motifs is 1. The minimum Gasteiger partial charge on any atom is -0.460 e. The van der Waals surface area contributed by atoms with Gasteiger partial charge >= 0.3 is 0 Å². The van der Waals surface area contributed by atoms with E-state index in [4.69, 9.17) is 21.1 Å². The predicted molar refractivity (Wildman–Crippen MR) is 85.4 cm³/mol. The highest BCUT2D eigenvalue weighted by Crippen LogP contribution is 2.38. The molecule has 23 heavy (non-hydrogen) atoms. The molecule has 0 saturated carbocycles. The SMILES string of the molecule is OC[C@@H]1O[C@@H](Oc2c[nH]c3ccc(Br)c(Cl)c23)[C@H](O)[C@H](O)[C@H]1O. The highest BCUT2D eigenvalue weighted by molar-refractivity contribution is 9.10. The van der Waals surface area contributed by atoms with Gasteiger partial charge in [-0.3, -0.25) is 0 Å². The quantitative estimate of drug-likeness (QED) is 0.512. The third-order valence-corrected chi connectivity index (χ3v) is 5.07. The van der Waals surface area contributed by atoms with Crippen molar-refractivity contribution in [3.63, 3.8) is 0 Å². The Balaban J connectivity index is 1.91. The van der Waals surface area contributed by atoms with Crippen molar-refractivity contribution in [1.29, 1.82) is 0 Å². The zero-order valence-electron chi connectivity index (χ0n) is 11.7. The Morgan fingerprint density at radius 3 is 2.65 bits per heavy atom. The number of aromatic amines is 1. The number of ether oxygens (including phenoxy) is 2. The lowest BCUT2D eigenvalue weighted by molar-refractivity contribution is -0.277. The Morgan fingerprint density at radius 1 is 1.22 bits per heavy atom. The number of nitrogens with one attached hydrogen (secondary N) is 1. The highest BCUT2D eigenvalue weighted by Gasteiger charge is 2.44. The largest absolute Gasteiger partial charge is 0.460 e. The van der Waals surface area contributed by atoms with E-state index >= 15 is 0 Å². The topological polar surface area (TPSA) is 115 Å². The Bertz CT molecular complexity index is 708. The summed E-state index contributed by atoms with van der Waals surface area (Å²) in [5.74, 6) is 0.315. The molecule has 1 saturated heterocycles. The molecule has 126 valence electrons. The first-order chi connectivity index (χ1) is 10.9. The van der Waals surface area contributed by atoms with E-state index in [1.165, 1.54) is 0 Å². The fourth-order valence-corrected chi connectivity index (χ4v) is 3.10. The second kappa shape index (κ2) is 6.56. The summed E-state index contributed by atoms with van der Waals surface area (Å²) >= 11 is 9.58. The van der Waals surface area contributed by atoms with Crippen molar-refractivity contribution in [2.45, 2.75) is 30.7 Å². The summed E-state index contributed by atoms with van der Waals surface area (Å²) in [6, 6.07) is 3.57. The molecule has 5 N–H and O–H groups in total. The summed E-state index contributed by atoms with van der Waals surface area (Å²) in [5.41, 5.74) is 0.720. The van der Waals surface area contributed by atoms with E-state index in [9.17, 15) is 20.4 Å². The van der Waals surface area contributed by atoms with Crippen LogP contribution >= 0.6 is 27.5 Å². The minimum absolute atomic E-state index is 0.315. The molecule has 0 spiro atoms. The molecule has 5 atom stereocenters. The first kappa shape index (κ1) is 17.0. The predicted octanol–water partition coefficient (Wildman–Crippen LogP) is 0.762.